The minimum Gasteiger partial charge on any atom is -0.467 e. The van der Waals surface area contributed by atoms with Gasteiger partial charge in [0.2, 0.25) is 17.6 Å². The second-order valence-corrected chi connectivity index (χ2v) is 9.84. The molecule has 1 aromatic carbocycles. The zero-order valence-corrected chi connectivity index (χ0v) is 22.9. The van der Waals surface area contributed by atoms with E-state index in [1.54, 1.807) is 23.6 Å². The van der Waals surface area contributed by atoms with Gasteiger partial charge in [-0.2, -0.15) is 10.1 Å². The van der Waals surface area contributed by atoms with Gasteiger partial charge >= 0.3 is 6.01 Å². The third kappa shape index (κ3) is 6.41. The molecule has 39 heavy (non-hydrogen) atoms. The van der Waals surface area contributed by atoms with Crippen LogP contribution in [-0.2, 0) is 23.2 Å². The van der Waals surface area contributed by atoms with Gasteiger partial charge in [-0.1, -0.05) is 44.2 Å². The molecule has 208 valence electrons. The van der Waals surface area contributed by atoms with Crippen molar-refractivity contribution in [3.63, 3.8) is 0 Å². The van der Waals surface area contributed by atoms with Crippen LogP contribution < -0.4 is 15.4 Å². The fourth-order valence-electron chi connectivity index (χ4n) is 4.39. The number of aryl methyl sites for hydroxylation is 1. The molecule has 0 saturated carbocycles. The summed E-state index contributed by atoms with van der Waals surface area (Å²) < 4.78 is 8.31. The molecule has 0 radical (unpaired) electrons. The molecule has 2 N–H and O–H groups in total. The lowest BCUT2D eigenvalue weighted by Gasteiger charge is -2.26. The summed E-state index contributed by atoms with van der Waals surface area (Å²) in [7, 11) is 3.10. The van der Waals surface area contributed by atoms with Crippen molar-refractivity contribution in [3.05, 3.63) is 42.0 Å². The Labute approximate surface area is 226 Å². The normalized spacial score (nSPS) is 19.2. The first-order chi connectivity index (χ1) is 18.7. The number of carbonyl (C=O) groups is 3. The van der Waals surface area contributed by atoms with Crippen LogP contribution in [0.5, 0.6) is 6.01 Å². The van der Waals surface area contributed by atoms with Crippen LogP contribution >= 0.6 is 0 Å². The molecule has 13 heteroatoms. The molecule has 3 heterocycles. The van der Waals surface area contributed by atoms with E-state index in [-0.39, 0.29) is 55.0 Å². The van der Waals surface area contributed by atoms with E-state index in [2.05, 4.69) is 20.7 Å². The van der Waals surface area contributed by atoms with Crippen LogP contribution in [0.4, 0.5) is 0 Å². The number of nitrogens with one attached hydrogen (secondary N) is 2. The van der Waals surface area contributed by atoms with Gasteiger partial charge in [-0.05, 0) is 19.3 Å². The Balaban J connectivity index is 1.72. The van der Waals surface area contributed by atoms with E-state index < -0.39 is 12.1 Å². The monoisotopic (exact) mass is 537 g/mol. The molecule has 13 nitrogen and oxygen atoms in total. The zero-order valence-electron chi connectivity index (χ0n) is 22.9. The summed E-state index contributed by atoms with van der Waals surface area (Å²) in [5.74, 6) is 0.109. The highest BCUT2D eigenvalue weighted by Crippen LogP contribution is 2.24. The molecular weight excluding hydrogens is 502 g/mol. The van der Waals surface area contributed by atoms with Gasteiger partial charge < -0.3 is 20.3 Å². The first-order valence-corrected chi connectivity index (χ1v) is 13.0. The van der Waals surface area contributed by atoms with Gasteiger partial charge in [0.25, 0.3) is 5.91 Å². The Morgan fingerprint density at radius 2 is 1.79 bits per heavy atom. The summed E-state index contributed by atoms with van der Waals surface area (Å²) in [5, 5.41) is 14.8. The number of carbonyl (C=O) groups excluding carboxylic acids is 3. The fraction of sp³-hybridized carbons (Fsp3) is 0.500. The molecule has 2 aromatic heterocycles. The average molecular weight is 538 g/mol. The number of fused-ring (bicyclic) bond motifs is 1. The van der Waals surface area contributed by atoms with Gasteiger partial charge in [-0.25, -0.2) is 14.3 Å². The summed E-state index contributed by atoms with van der Waals surface area (Å²) in [5.41, 5.74) is 0.836. The average Bonchev–Trinajstić information content (AvgIpc) is 3.51. The summed E-state index contributed by atoms with van der Waals surface area (Å²) >= 11 is 0. The molecule has 0 aliphatic carbocycles. The molecule has 0 fully saturated rings. The van der Waals surface area contributed by atoms with E-state index in [0.717, 1.165) is 5.56 Å². The van der Waals surface area contributed by atoms with Crippen molar-refractivity contribution in [3.8, 4) is 17.4 Å². The maximum atomic E-state index is 13.4. The van der Waals surface area contributed by atoms with Crippen molar-refractivity contribution in [2.75, 3.05) is 20.2 Å². The molecule has 0 unspecified atom stereocenters. The van der Waals surface area contributed by atoms with Crippen molar-refractivity contribution in [1.29, 1.82) is 0 Å². The quantitative estimate of drug-likeness (QED) is 0.506. The number of hydrogen-bond donors (Lipinski definition) is 2. The maximum absolute atomic E-state index is 13.4. The molecule has 3 aromatic rings. The Morgan fingerprint density at radius 1 is 1.05 bits per heavy atom. The predicted octanol–water partition coefficient (Wildman–Crippen LogP) is 1.34. The number of rotatable bonds is 4. The molecule has 4 rings (SSSR count). The first kappa shape index (κ1) is 27.7. The third-order valence-electron chi connectivity index (χ3n) is 6.54. The van der Waals surface area contributed by atoms with Gasteiger partial charge in [0.1, 0.15) is 6.04 Å². The Hall–Kier alpha value is -4.29. The van der Waals surface area contributed by atoms with Gasteiger partial charge in [-0.15, -0.1) is 5.10 Å². The van der Waals surface area contributed by atoms with Crippen LogP contribution in [0.15, 0.2) is 30.3 Å². The Bertz CT molecular complexity index is 1320. The number of methoxy groups -OCH3 is 1. The lowest BCUT2D eigenvalue weighted by atomic mass is 10.0. The highest BCUT2D eigenvalue weighted by molar-refractivity contribution is 5.90. The zero-order chi connectivity index (χ0) is 28.1. The van der Waals surface area contributed by atoms with E-state index >= 15 is 0 Å². The van der Waals surface area contributed by atoms with Crippen LogP contribution in [0.25, 0.3) is 11.4 Å². The van der Waals surface area contributed by atoms with Crippen LogP contribution in [0.3, 0.4) is 0 Å². The predicted molar refractivity (Wildman–Crippen MR) is 141 cm³/mol. The van der Waals surface area contributed by atoms with E-state index in [4.69, 9.17) is 14.8 Å². The smallest absolute Gasteiger partial charge is 0.314 e. The van der Waals surface area contributed by atoms with E-state index in [0.29, 0.717) is 24.6 Å². The third-order valence-corrected chi connectivity index (χ3v) is 6.54. The number of nitrogens with zero attached hydrogens (tertiary/aromatic N) is 7. The van der Waals surface area contributed by atoms with Gasteiger partial charge in [0.05, 0.1) is 19.7 Å². The molecular formula is C26H35N9O4. The number of amides is 3. The standard InChI is InChI=1S/C26H35N9O4/c1-16(2)20-23-29-21(18-10-7-6-8-11-18)32-35(23)15-14-34(25(38)22-30-26(39-5)33(4)31-22)13-9-12-19(36)27-17(3)24(37)28-20/h6-8,10-11,16-17,20H,9,12-15H2,1-5H3,(H,27,36)(H,28,37)/t17-,20+/m1/s1. The van der Waals surface area contributed by atoms with Gasteiger partial charge in [0.15, 0.2) is 11.6 Å². The summed E-state index contributed by atoms with van der Waals surface area (Å²) in [6, 6.07) is 8.57. The minimum atomic E-state index is -0.741. The second-order valence-electron chi connectivity index (χ2n) is 9.84. The SMILES string of the molecule is COc1nc(C(=O)N2CCCC(=O)N[C@H](C)C(=O)N[C@@H](C(C)C)c3nc(-c4ccccc4)nn3CC2)nn1C. The van der Waals surface area contributed by atoms with Crippen molar-refractivity contribution in [2.24, 2.45) is 13.0 Å². The number of hydrogen-bond acceptors (Lipinski definition) is 8. The highest BCUT2D eigenvalue weighted by Gasteiger charge is 2.29. The maximum Gasteiger partial charge on any atom is 0.314 e. The molecule has 1 aliphatic rings. The first-order valence-electron chi connectivity index (χ1n) is 13.0. The van der Waals surface area contributed by atoms with Gasteiger partial charge in [0, 0.05) is 32.1 Å². The minimum absolute atomic E-state index is 0.00430. The van der Waals surface area contributed by atoms with Crippen molar-refractivity contribution >= 4 is 17.7 Å². The lowest BCUT2D eigenvalue weighted by molar-refractivity contribution is -0.129. The molecule has 0 spiro atoms. The van der Waals surface area contributed by atoms with Gasteiger partial charge in [-0.3, -0.25) is 14.4 Å². The molecule has 3 amide bonds. The Morgan fingerprint density at radius 3 is 2.46 bits per heavy atom. The fourth-order valence-corrected chi connectivity index (χ4v) is 4.39. The summed E-state index contributed by atoms with van der Waals surface area (Å²) in [6.07, 6.45) is 0.546. The summed E-state index contributed by atoms with van der Waals surface area (Å²) in [4.78, 5) is 49.6. The van der Waals surface area contributed by atoms with E-state index in [9.17, 15) is 14.4 Å². The van der Waals surface area contributed by atoms with Crippen LogP contribution in [-0.4, -0.2) is 78.4 Å². The lowest BCUT2D eigenvalue weighted by Crippen LogP contribution is -2.47. The Kier molecular flexibility index (Phi) is 8.57. The number of aromatic nitrogens is 6. The van der Waals surface area contributed by atoms with E-state index in [1.807, 2.05) is 44.2 Å². The molecule has 2 atom stereocenters. The van der Waals surface area contributed by atoms with Crippen molar-refractivity contribution in [2.45, 2.75) is 52.2 Å². The van der Waals surface area contributed by atoms with Crippen LogP contribution in [0.1, 0.15) is 56.1 Å². The van der Waals surface area contributed by atoms with E-state index in [1.165, 1.54) is 11.8 Å². The summed E-state index contributed by atoms with van der Waals surface area (Å²) in [6.45, 7) is 6.47. The van der Waals surface area contributed by atoms with Crippen LogP contribution in [0, 0.1) is 5.92 Å². The largest absolute Gasteiger partial charge is 0.467 e. The van der Waals surface area contributed by atoms with Crippen molar-refractivity contribution < 1.29 is 19.1 Å². The number of ether oxygens (including phenoxy) is 1. The topological polar surface area (TPSA) is 149 Å². The molecule has 1 aliphatic heterocycles. The molecule has 0 saturated heterocycles. The number of benzene rings is 1. The highest BCUT2D eigenvalue weighted by atomic mass is 16.5. The second kappa shape index (κ2) is 12.0. The van der Waals surface area contributed by atoms with Crippen LogP contribution in [0.2, 0.25) is 0 Å². The molecule has 0 bridgehead atoms. The van der Waals surface area contributed by atoms with Crippen molar-refractivity contribution in [1.82, 2.24) is 45.1 Å².